The molecular weight excluding hydrogens is 278 g/mol. The number of fused-ring (bicyclic) bond motifs is 1. The minimum absolute atomic E-state index is 0.00460. The molecule has 1 aromatic heterocycles. The molecular formula is C17H11N3O2. The van der Waals surface area contributed by atoms with Gasteiger partial charge >= 0.3 is 0 Å². The lowest BCUT2D eigenvalue weighted by molar-refractivity contribution is -0.384. The van der Waals surface area contributed by atoms with Crippen molar-refractivity contribution in [1.82, 2.24) is 4.98 Å². The van der Waals surface area contributed by atoms with Gasteiger partial charge in [0.25, 0.3) is 5.69 Å². The molecule has 0 fully saturated rings. The first-order chi connectivity index (χ1) is 10.7. The van der Waals surface area contributed by atoms with E-state index >= 15 is 0 Å². The molecule has 22 heavy (non-hydrogen) atoms. The molecule has 1 N–H and O–H groups in total. The predicted molar refractivity (Wildman–Crippen MR) is 84.9 cm³/mol. The van der Waals surface area contributed by atoms with Gasteiger partial charge in [-0.2, -0.15) is 5.26 Å². The molecule has 0 aliphatic carbocycles. The second kappa shape index (κ2) is 5.54. The minimum atomic E-state index is -0.449. The van der Waals surface area contributed by atoms with Crippen LogP contribution in [0.15, 0.2) is 54.7 Å². The fourth-order valence-corrected chi connectivity index (χ4v) is 2.36. The Hall–Kier alpha value is -3.39. The van der Waals surface area contributed by atoms with Gasteiger partial charge in [0.15, 0.2) is 0 Å². The monoisotopic (exact) mass is 289 g/mol. The average Bonchev–Trinajstić information content (AvgIpc) is 2.97. The van der Waals surface area contributed by atoms with Crippen molar-refractivity contribution in [3.63, 3.8) is 0 Å². The second-order valence-corrected chi connectivity index (χ2v) is 4.77. The third-order valence-corrected chi connectivity index (χ3v) is 3.39. The maximum Gasteiger partial charge on any atom is 0.270 e. The number of allylic oxidation sites excluding steroid dienone is 1. The zero-order valence-corrected chi connectivity index (χ0v) is 11.5. The van der Waals surface area contributed by atoms with Crippen LogP contribution in [-0.4, -0.2) is 9.91 Å². The van der Waals surface area contributed by atoms with Gasteiger partial charge in [0, 0.05) is 34.8 Å². The van der Waals surface area contributed by atoms with Crippen LogP contribution in [0.1, 0.15) is 11.1 Å². The summed E-state index contributed by atoms with van der Waals surface area (Å²) in [6.07, 6.45) is 3.43. The van der Waals surface area contributed by atoms with Gasteiger partial charge in [-0.05, 0) is 17.7 Å². The smallest absolute Gasteiger partial charge is 0.270 e. The number of hydrogen-bond donors (Lipinski definition) is 1. The first kappa shape index (κ1) is 13.6. The normalized spacial score (nSPS) is 11.3. The van der Waals surface area contributed by atoms with Crippen LogP contribution in [0.4, 0.5) is 5.69 Å². The summed E-state index contributed by atoms with van der Waals surface area (Å²) in [5, 5.41) is 21.2. The van der Waals surface area contributed by atoms with E-state index in [9.17, 15) is 15.4 Å². The number of nitriles is 1. The summed E-state index contributed by atoms with van der Waals surface area (Å²) in [6, 6.07) is 16.1. The Labute approximate surface area is 126 Å². The molecule has 3 rings (SSSR count). The topological polar surface area (TPSA) is 82.7 Å². The van der Waals surface area contributed by atoms with Crippen molar-refractivity contribution < 1.29 is 4.92 Å². The van der Waals surface area contributed by atoms with Crippen molar-refractivity contribution in [1.29, 1.82) is 5.26 Å². The highest BCUT2D eigenvalue weighted by Crippen LogP contribution is 2.26. The number of nitro benzene ring substituents is 1. The number of nitrogens with zero attached hydrogens (tertiary/aromatic N) is 2. The van der Waals surface area contributed by atoms with Crippen molar-refractivity contribution in [3.8, 4) is 6.07 Å². The van der Waals surface area contributed by atoms with E-state index in [0.29, 0.717) is 11.1 Å². The fraction of sp³-hybridized carbons (Fsp3) is 0. The van der Waals surface area contributed by atoms with E-state index in [4.69, 9.17) is 0 Å². The molecule has 1 heterocycles. The van der Waals surface area contributed by atoms with E-state index in [2.05, 4.69) is 11.1 Å². The van der Waals surface area contributed by atoms with E-state index in [1.54, 1.807) is 24.4 Å². The van der Waals surface area contributed by atoms with Crippen molar-refractivity contribution in [2.45, 2.75) is 0 Å². The van der Waals surface area contributed by atoms with Gasteiger partial charge in [0.05, 0.1) is 16.6 Å². The third kappa shape index (κ3) is 2.45. The van der Waals surface area contributed by atoms with Crippen LogP contribution >= 0.6 is 0 Å². The highest BCUT2D eigenvalue weighted by molar-refractivity contribution is 6.01. The van der Waals surface area contributed by atoms with E-state index in [1.807, 2.05) is 24.3 Å². The molecule has 0 saturated heterocycles. The predicted octanol–water partition coefficient (Wildman–Crippen LogP) is 4.14. The molecule has 5 nitrogen and oxygen atoms in total. The van der Waals surface area contributed by atoms with E-state index < -0.39 is 4.92 Å². The Morgan fingerprint density at radius 1 is 1.23 bits per heavy atom. The first-order valence-corrected chi connectivity index (χ1v) is 6.62. The maximum atomic E-state index is 10.8. The minimum Gasteiger partial charge on any atom is -0.361 e. The Balaban J connectivity index is 2.10. The van der Waals surface area contributed by atoms with Gasteiger partial charge in [-0.3, -0.25) is 10.1 Å². The Kier molecular flexibility index (Phi) is 3.42. The van der Waals surface area contributed by atoms with Crippen LogP contribution in [0.2, 0.25) is 0 Å². The van der Waals surface area contributed by atoms with Crippen LogP contribution in [0.5, 0.6) is 0 Å². The quantitative estimate of drug-likeness (QED) is 0.447. The molecule has 0 bridgehead atoms. The fourth-order valence-electron chi connectivity index (χ4n) is 2.36. The number of non-ortho nitro benzene ring substituents is 1. The molecule has 5 heteroatoms. The highest BCUT2D eigenvalue weighted by atomic mass is 16.6. The standard InChI is InChI=1S/C17H11N3O2/c18-10-13(8-12-4-3-5-14(9-12)20(21)22)16-11-19-17-7-2-1-6-15(16)17/h1-9,11,19H/b13-8+. The lowest BCUT2D eigenvalue weighted by Crippen LogP contribution is -1.88. The summed E-state index contributed by atoms with van der Waals surface area (Å²) in [6.45, 7) is 0. The molecule has 0 saturated carbocycles. The lowest BCUT2D eigenvalue weighted by atomic mass is 10.0. The van der Waals surface area contributed by atoms with Gasteiger partial charge < -0.3 is 4.98 Å². The molecule has 106 valence electrons. The molecule has 0 unspecified atom stereocenters. The van der Waals surface area contributed by atoms with Gasteiger partial charge in [-0.1, -0.05) is 30.3 Å². The SMILES string of the molecule is N#C/C(=C\c1cccc([N+](=O)[O-])c1)c1c[nH]c2ccccc12. The Morgan fingerprint density at radius 3 is 2.82 bits per heavy atom. The number of H-pyrrole nitrogens is 1. The summed E-state index contributed by atoms with van der Waals surface area (Å²) in [7, 11) is 0. The van der Waals surface area contributed by atoms with Gasteiger partial charge in [-0.25, -0.2) is 0 Å². The summed E-state index contributed by atoms with van der Waals surface area (Å²) in [4.78, 5) is 13.5. The van der Waals surface area contributed by atoms with Crippen LogP contribution in [0.3, 0.4) is 0 Å². The zero-order valence-electron chi connectivity index (χ0n) is 11.5. The largest absolute Gasteiger partial charge is 0.361 e. The summed E-state index contributed by atoms with van der Waals surface area (Å²) >= 11 is 0. The first-order valence-electron chi connectivity index (χ1n) is 6.62. The third-order valence-electron chi connectivity index (χ3n) is 3.39. The van der Waals surface area contributed by atoms with Crippen LogP contribution in [0, 0.1) is 21.4 Å². The molecule has 0 radical (unpaired) electrons. The van der Waals surface area contributed by atoms with Crippen LogP contribution < -0.4 is 0 Å². The van der Waals surface area contributed by atoms with Gasteiger partial charge in [0.2, 0.25) is 0 Å². The maximum absolute atomic E-state index is 10.8. The summed E-state index contributed by atoms with van der Waals surface area (Å²) < 4.78 is 0. The number of nitrogens with one attached hydrogen (secondary N) is 1. The van der Waals surface area contributed by atoms with Crippen molar-refractivity contribution >= 4 is 28.2 Å². The molecule has 0 amide bonds. The molecule has 0 aliphatic rings. The molecule has 3 aromatic rings. The van der Waals surface area contributed by atoms with Crippen molar-refractivity contribution in [2.75, 3.05) is 0 Å². The zero-order chi connectivity index (χ0) is 15.5. The van der Waals surface area contributed by atoms with Crippen molar-refractivity contribution in [2.24, 2.45) is 0 Å². The molecule has 2 aromatic carbocycles. The second-order valence-electron chi connectivity index (χ2n) is 4.77. The number of aromatic amines is 1. The van der Waals surface area contributed by atoms with E-state index in [0.717, 1.165) is 16.5 Å². The number of hydrogen-bond acceptors (Lipinski definition) is 3. The number of aromatic nitrogens is 1. The summed E-state index contributed by atoms with van der Waals surface area (Å²) in [5.41, 5.74) is 2.81. The van der Waals surface area contributed by atoms with Gasteiger partial charge in [-0.15, -0.1) is 0 Å². The van der Waals surface area contributed by atoms with Gasteiger partial charge in [0.1, 0.15) is 0 Å². The highest BCUT2D eigenvalue weighted by Gasteiger charge is 2.09. The van der Waals surface area contributed by atoms with E-state index in [-0.39, 0.29) is 5.69 Å². The number of benzene rings is 2. The molecule has 0 aliphatic heterocycles. The van der Waals surface area contributed by atoms with Crippen LogP contribution in [0.25, 0.3) is 22.6 Å². The number of nitro groups is 1. The van der Waals surface area contributed by atoms with E-state index in [1.165, 1.54) is 12.1 Å². The van der Waals surface area contributed by atoms with Crippen LogP contribution in [-0.2, 0) is 0 Å². The average molecular weight is 289 g/mol. The Morgan fingerprint density at radius 2 is 2.05 bits per heavy atom. The van der Waals surface area contributed by atoms with Crippen molar-refractivity contribution in [3.05, 3.63) is 76.0 Å². The molecule has 0 spiro atoms. The number of para-hydroxylation sites is 1. The summed E-state index contributed by atoms with van der Waals surface area (Å²) in [5.74, 6) is 0. The Bertz CT molecular complexity index is 932. The molecule has 0 atom stereocenters. The lowest BCUT2D eigenvalue weighted by Gasteiger charge is -1.99. The number of rotatable bonds is 3.